The van der Waals surface area contributed by atoms with E-state index in [1.54, 1.807) is 7.11 Å². The highest BCUT2D eigenvalue weighted by Gasteiger charge is 2.10. The molecule has 0 aliphatic carbocycles. The zero-order chi connectivity index (χ0) is 11.3. The molecule has 0 radical (unpaired) electrons. The van der Waals surface area contributed by atoms with Gasteiger partial charge in [-0.15, -0.1) is 0 Å². The van der Waals surface area contributed by atoms with E-state index < -0.39 is 0 Å². The van der Waals surface area contributed by atoms with Gasteiger partial charge >= 0.3 is 0 Å². The lowest BCUT2D eigenvalue weighted by molar-refractivity contribution is 0.182. The summed E-state index contributed by atoms with van der Waals surface area (Å²) in [6, 6.07) is 2.32. The van der Waals surface area contributed by atoms with E-state index in [9.17, 15) is 0 Å². The van der Waals surface area contributed by atoms with Crippen molar-refractivity contribution in [2.75, 3.05) is 13.7 Å². The minimum atomic E-state index is 0.236. The van der Waals surface area contributed by atoms with Gasteiger partial charge in [-0.2, -0.15) is 5.10 Å². The van der Waals surface area contributed by atoms with E-state index >= 15 is 0 Å². The Morgan fingerprint density at radius 1 is 1.67 bits per heavy atom. The molecule has 0 amide bonds. The number of hydrazine groups is 1. The second-order valence-electron chi connectivity index (χ2n) is 3.75. The molecule has 0 aliphatic rings. The fraction of sp³-hybridized carbons (Fsp3) is 0.700. The average Bonchev–Trinajstić information content (AvgIpc) is 2.52. The van der Waals surface area contributed by atoms with Crippen LogP contribution in [0.4, 0.5) is 0 Å². The summed E-state index contributed by atoms with van der Waals surface area (Å²) in [5.41, 5.74) is 5.02. The van der Waals surface area contributed by atoms with Crippen LogP contribution in [0.1, 0.15) is 17.8 Å². The number of methoxy groups -OCH3 is 1. The van der Waals surface area contributed by atoms with Crippen LogP contribution in [0, 0.1) is 6.92 Å². The van der Waals surface area contributed by atoms with Gasteiger partial charge in [-0.05, 0) is 19.4 Å². The summed E-state index contributed by atoms with van der Waals surface area (Å²) in [6.07, 6.45) is 1.77. The summed E-state index contributed by atoms with van der Waals surface area (Å²) in [5.74, 6) is 5.48. The van der Waals surface area contributed by atoms with Crippen LogP contribution in [-0.4, -0.2) is 29.5 Å². The van der Waals surface area contributed by atoms with E-state index in [-0.39, 0.29) is 6.04 Å². The highest BCUT2D eigenvalue weighted by atomic mass is 16.5. The zero-order valence-corrected chi connectivity index (χ0v) is 9.66. The lowest BCUT2D eigenvalue weighted by Gasteiger charge is -2.15. The van der Waals surface area contributed by atoms with Gasteiger partial charge in [0.2, 0.25) is 0 Å². The third-order valence-electron chi connectivity index (χ3n) is 2.46. The Hall–Kier alpha value is -0.910. The Bertz CT molecular complexity index is 298. The Kier molecular flexibility index (Phi) is 4.74. The molecule has 0 fully saturated rings. The second kappa shape index (κ2) is 5.85. The number of aryl methyl sites for hydroxylation is 2. The molecule has 1 unspecified atom stereocenters. The molecule has 0 bridgehead atoms. The molecule has 1 heterocycles. The molecule has 15 heavy (non-hydrogen) atoms. The maximum atomic E-state index is 5.48. The van der Waals surface area contributed by atoms with E-state index in [0.29, 0.717) is 6.61 Å². The predicted molar refractivity (Wildman–Crippen MR) is 59.3 cm³/mol. The molecular weight excluding hydrogens is 192 g/mol. The first kappa shape index (κ1) is 12.2. The number of hydrogen-bond acceptors (Lipinski definition) is 4. The molecule has 5 nitrogen and oxygen atoms in total. The molecule has 0 aliphatic heterocycles. The van der Waals surface area contributed by atoms with Crippen molar-refractivity contribution < 1.29 is 4.74 Å². The topological polar surface area (TPSA) is 65.1 Å². The molecule has 5 heteroatoms. The lowest BCUT2D eigenvalue weighted by Crippen LogP contribution is -2.38. The standard InChI is InChI=1S/C10H20N4O/c1-8-6-10(14(2)13-8)7-9(12-11)4-5-15-3/h6,9,12H,4-5,7,11H2,1-3H3. The molecule has 0 saturated heterocycles. The van der Waals surface area contributed by atoms with Crippen molar-refractivity contribution in [1.82, 2.24) is 15.2 Å². The van der Waals surface area contributed by atoms with Crippen molar-refractivity contribution in [2.45, 2.75) is 25.8 Å². The van der Waals surface area contributed by atoms with Crippen LogP contribution in [0.3, 0.4) is 0 Å². The molecule has 1 atom stereocenters. The van der Waals surface area contributed by atoms with Crippen molar-refractivity contribution in [3.05, 3.63) is 17.5 Å². The molecule has 0 spiro atoms. The monoisotopic (exact) mass is 212 g/mol. The van der Waals surface area contributed by atoms with Crippen molar-refractivity contribution in [3.63, 3.8) is 0 Å². The zero-order valence-electron chi connectivity index (χ0n) is 9.66. The van der Waals surface area contributed by atoms with Gasteiger partial charge in [-0.25, -0.2) is 0 Å². The van der Waals surface area contributed by atoms with Gasteiger partial charge in [0.25, 0.3) is 0 Å². The Labute approximate surface area is 90.6 Å². The first-order chi connectivity index (χ1) is 7.17. The Balaban J connectivity index is 2.54. The third-order valence-corrected chi connectivity index (χ3v) is 2.46. The Morgan fingerprint density at radius 2 is 2.40 bits per heavy atom. The lowest BCUT2D eigenvalue weighted by atomic mass is 10.1. The molecule has 1 aromatic heterocycles. The Morgan fingerprint density at radius 3 is 2.87 bits per heavy atom. The first-order valence-corrected chi connectivity index (χ1v) is 5.12. The minimum Gasteiger partial charge on any atom is -0.385 e. The van der Waals surface area contributed by atoms with Gasteiger partial charge in [0, 0.05) is 38.9 Å². The predicted octanol–water partition coefficient (Wildman–Crippen LogP) is 0.139. The average molecular weight is 212 g/mol. The fourth-order valence-electron chi connectivity index (χ4n) is 1.61. The van der Waals surface area contributed by atoms with E-state index in [1.807, 2.05) is 18.7 Å². The molecule has 86 valence electrons. The van der Waals surface area contributed by atoms with Gasteiger partial charge in [-0.1, -0.05) is 0 Å². The number of nitrogens with one attached hydrogen (secondary N) is 1. The molecule has 1 aromatic rings. The van der Waals surface area contributed by atoms with Gasteiger partial charge in [0.1, 0.15) is 0 Å². The number of nitrogens with two attached hydrogens (primary N) is 1. The van der Waals surface area contributed by atoms with E-state index in [2.05, 4.69) is 16.6 Å². The molecule has 0 aromatic carbocycles. The number of aromatic nitrogens is 2. The molecule has 3 N–H and O–H groups in total. The van der Waals surface area contributed by atoms with Crippen molar-refractivity contribution in [3.8, 4) is 0 Å². The second-order valence-corrected chi connectivity index (χ2v) is 3.75. The molecule has 1 rings (SSSR count). The quantitative estimate of drug-likeness (QED) is 0.520. The van der Waals surface area contributed by atoms with Crippen molar-refractivity contribution in [2.24, 2.45) is 12.9 Å². The normalized spacial score (nSPS) is 13.1. The van der Waals surface area contributed by atoms with Crippen LogP contribution in [-0.2, 0) is 18.2 Å². The van der Waals surface area contributed by atoms with E-state index in [4.69, 9.17) is 10.6 Å². The molecule has 0 saturated carbocycles. The summed E-state index contributed by atoms with van der Waals surface area (Å²) in [5, 5.41) is 4.30. The maximum absolute atomic E-state index is 5.48. The largest absolute Gasteiger partial charge is 0.385 e. The number of hydrogen-bond donors (Lipinski definition) is 2. The maximum Gasteiger partial charge on any atom is 0.0596 e. The smallest absolute Gasteiger partial charge is 0.0596 e. The van der Waals surface area contributed by atoms with Gasteiger partial charge in [0.05, 0.1) is 5.69 Å². The number of rotatable bonds is 6. The van der Waals surface area contributed by atoms with E-state index in [1.165, 1.54) is 5.69 Å². The van der Waals surface area contributed by atoms with Gasteiger partial charge in [-0.3, -0.25) is 16.0 Å². The number of nitrogens with zero attached hydrogens (tertiary/aromatic N) is 2. The summed E-state index contributed by atoms with van der Waals surface area (Å²) in [6.45, 7) is 2.70. The van der Waals surface area contributed by atoms with Gasteiger partial charge in [0.15, 0.2) is 0 Å². The van der Waals surface area contributed by atoms with Crippen LogP contribution in [0.25, 0.3) is 0 Å². The van der Waals surface area contributed by atoms with Crippen molar-refractivity contribution >= 4 is 0 Å². The van der Waals surface area contributed by atoms with Crippen LogP contribution in [0.2, 0.25) is 0 Å². The highest BCUT2D eigenvalue weighted by Crippen LogP contribution is 2.07. The SMILES string of the molecule is COCCC(Cc1cc(C)nn1C)NN. The summed E-state index contributed by atoms with van der Waals surface area (Å²) in [4.78, 5) is 0. The summed E-state index contributed by atoms with van der Waals surface area (Å²) in [7, 11) is 3.65. The van der Waals surface area contributed by atoms with Crippen LogP contribution >= 0.6 is 0 Å². The van der Waals surface area contributed by atoms with Crippen molar-refractivity contribution in [1.29, 1.82) is 0 Å². The summed E-state index contributed by atoms with van der Waals surface area (Å²) >= 11 is 0. The fourth-order valence-corrected chi connectivity index (χ4v) is 1.61. The van der Waals surface area contributed by atoms with Crippen LogP contribution in [0.15, 0.2) is 6.07 Å². The van der Waals surface area contributed by atoms with Crippen LogP contribution < -0.4 is 11.3 Å². The number of ether oxygens (including phenoxy) is 1. The van der Waals surface area contributed by atoms with Gasteiger partial charge < -0.3 is 4.74 Å². The van der Waals surface area contributed by atoms with E-state index in [0.717, 1.165) is 18.5 Å². The highest BCUT2D eigenvalue weighted by molar-refractivity contribution is 5.09. The molecular formula is C10H20N4O. The summed E-state index contributed by atoms with van der Waals surface area (Å²) < 4.78 is 6.92. The third kappa shape index (κ3) is 3.62. The van der Waals surface area contributed by atoms with Crippen LogP contribution in [0.5, 0.6) is 0 Å². The first-order valence-electron chi connectivity index (χ1n) is 5.12. The minimum absolute atomic E-state index is 0.236.